The molecule has 26 heavy (non-hydrogen) atoms. The molecule has 0 spiro atoms. The van der Waals surface area contributed by atoms with Crippen molar-refractivity contribution in [2.24, 2.45) is 22.4 Å². The highest BCUT2D eigenvalue weighted by Gasteiger charge is 2.31. The number of carbonyl (C=O) groups is 2. The lowest BCUT2D eigenvalue weighted by Gasteiger charge is -2.17. The van der Waals surface area contributed by atoms with Gasteiger partial charge in [-0.15, -0.1) is 0 Å². The minimum absolute atomic E-state index is 0.0364. The van der Waals surface area contributed by atoms with Crippen molar-refractivity contribution in [1.82, 2.24) is 10.2 Å². The van der Waals surface area contributed by atoms with Crippen molar-refractivity contribution in [2.45, 2.75) is 32.1 Å². The van der Waals surface area contributed by atoms with Gasteiger partial charge in [-0.05, 0) is 31.2 Å². The third kappa shape index (κ3) is 6.74. The van der Waals surface area contributed by atoms with Crippen LogP contribution >= 0.6 is 0 Å². The second kappa shape index (κ2) is 10.4. The van der Waals surface area contributed by atoms with Gasteiger partial charge >= 0.3 is 0 Å². The van der Waals surface area contributed by atoms with Gasteiger partial charge in [0.1, 0.15) is 0 Å². The molecule has 2 amide bonds. The molecule has 5 N–H and O–H groups in total. The van der Waals surface area contributed by atoms with E-state index in [2.05, 4.69) is 22.4 Å². The maximum atomic E-state index is 12.4. The Labute approximate surface area is 154 Å². The second-order valence-corrected chi connectivity index (χ2v) is 6.61. The summed E-state index contributed by atoms with van der Waals surface area (Å²) < 4.78 is 0. The summed E-state index contributed by atoms with van der Waals surface area (Å²) in [4.78, 5) is 30.0. The lowest BCUT2D eigenvalue weighted by Crippen LogP contribution is -2.35. The van der Waals surface area contributed by atoms with E-state index in [1.54, 1.807) is 0 Å². The number of nitrogens with zero attached hydrogens (tertiary/aromatic N) is 2. The summed E-state index contributed by atoms with van der Waals surface area (Å²) >= 11 is 0. The maximum Gasteiger partial charge on any atom is 0.227 e. The number of nitrogens with one attached hydrogen (secondary N) is 1. The minimum atomic E-state index is -0.103. The Morgan fingerprint density at radius 1 is 1.23 bits per heavy atom. The first-order valence-corrected chi connectivity index (χ1v) is 9.21. The van der Waals surface area contributed by atoms with Crippen LogP contribution in [0, 0.1) is 5.92 Å². The molecular weight excluding hydrogens is 330 g/mol. The highest BCUT2D eigenvalue weighted by atomic mass is 16.2. The van der Waals surface area contributed by atoms with E-state index in [0.29, 0.717) is 25.9 Å². The van der Waals surface area contributed by atoms with E-state index in [1.165, 1.54) is 5.56 Å². The summed E-state index contributed by atoms with van der Waals surface area (Å²) in [6.45, 7) is 2.40. The second-order valence-electron chi connectivity index (χ2n) is 6.61. The van der Waals surface area contributed by atoms with E-state index in [4.69, 9.17) is 11.5 Å². The first-order valence-electron chi connectivity index (χ1n) is 9.21. The number of rotatable bonds is 10. The van der Waals surface area contributed by atoms with E-state index in [0.717, 1.165) is 32.4 Å². The van der Waals surface area contributed by atoms with Crippen LogP contribution < -0.4 is 16.8 Å². The molecule has 0 bridgehead atoms. The highest BCUT2D eigenvalue weighted by Crippen LogP contribution is 2.18. The molecule has 0 aliphatic carbocycles. The molecule has 2 rings (SSSR count). The van der Waals surface area contributed by atoms with Crippen molar-refractivity contribution < 1.29 is 9.59 Å². The van der Waals surface area contributed by atoms with Crippen molar-refractivity contribution in [3.63, 3.8) is 0 Å². The van der Waals surface area contributed by atoms with Gasteiger partial charge in [-0.2, -0.15) is 0 Å². The van der Waals surface area contributed by atoms with E-state index in [-0.39, 0.29) is 23.7 Å². The Balaban J connectivity index is 1.62. The van der Waals surface area contributed by atoms with Gasteiger partial charge in [0.2, 0.25) is 11.8 Å². The van der Waals surface area contributed by atoms with Gasteiger partial charge in [-0.25, -0.2) is 0 Å². The van der Waals surface area contributed by atoms with Crippen LogP contribution in [0.5, 0.6) is 0 Å². The molecule has 7 nitrogen and oxygen atoms in total. The van der Waals surface area contributed by atoms with Gasteiger partial charge in [0.25, 0.3) is 0 Å². The number of hydrogen-bond acceptors (Lipinski definition) is 3. The molecule has 1 aliphatic rings. The van der Waals surface area contributed by atoms with Gasteiger partial charge in [-0.3, -0.25) is 14.6 Å². The number of nitrogens with two attached hydrogens (primary N) is 2. The van der Waals surface area contributed by atoms with Crippen LogP contribution in [-0.4, -0.2) is 48.9 Å². The molecule has 1 fully saturated rings. The zero-order valence-corrected chi connectivity index (χ0v) is 15.2. The molecule has 1 aromatic rings. The molecular formula is C19H29N5O2. The molecule has 1 aromatic carbocycles. The molecule has 1 atom stereocenters. The number of hydrogen-bond donors (Lipinski definition) is 3. The SMILES string of the molecule is NC(N)=NCCCC(=O)NCC1CCN(CCCc2ccccc2)C1=O. The van der Waals surface area contributed by atoms with E-state index >= 15 is 0 Å². The molecule has 0 radical (unpaired) electrons. The largest absolute Gasteiger partial charge is 0.370 e. The third-order valence-corrected chi connectivity index (χ3v) is 4.55. The topological polar surface area (TPSA) is 114 Å². The van der Waals surface area contributed by atoms with Crippen LogP contribution in [0.2, 0.25) is 0 Å². The zero-order valence-electron chi connectivity index (χ0n) is 15.2. The molecule has 7 heteroatoms. The van der Waals surface area contributed by atoms with Crippen LogP contribution in [0.15, 0.2) is 35.3 Å². The van der Waals surface area contributed by atoms with Crippen LogP contribution in [0.25, 0.3) is 0 Å². The number of aliphatic imine (C=N–C) groups is 1. The number of benzene rings is 1. The van der Waals surface area contributed by atoms with Crippen molar-refractivity contribution in [3.05, 3.63) is 35.9 Å². The van der Waals surface area contributed by atoms with Crippen LogP contribution in [0.4, 0.5) is 0 Å². The lowest BCUT2D eigenvalue weighted by molar-refractivity contribution is -0.131. The van der Waals surface area contributed by atoms with Crippen LogP contribution in [0.3, 0.4) is 0 Å². The number of amides is 2. The average molecular weight is 359 g/mol. The highest BCUT2D eigenvalue weighted by molar-refractivity contribution is 5.82. The number of aryl methyl sites for hydroxylation is 1. The van der Waals surface area contributed by atoms with Crippen LogP contribution in [-0.2, 0) is 16.0 Å². The Hall–Kier alpha value is -2.57. The molecule has 1 saturated heterocycles. The van der Waals surface area contributed by atoms with Crippen molar-refractivity contribution in [2.75, 3.05) is 26.2 Å². The molecule has 1 unspecified atom stereocenters. The predicted molar refractivity (Wildman–Crippen MR) is 102 cm³/mol. The fourth-order valence-corrected chi connectivity index (χ4v) is 3.11. The predicted octanol–water partition coefficient (Wildman–Crippen LogP) is 0.638. The van der Waals surface area contributed by atoms with Gasteiger partial charge < -0.3 is 21.7 Å². The number of likely N-dealkylation sites (tertiary alicyclic amines) is 1. The minimum Gasteiger partial charge on any atom is -0.370 e. The van der Waals surface area contributed by atoms with Crippen LogP contribution in [0.1, 0.15) is 31.2 Å². The Morgan fingerprint density at radius 3 is 2.73 bits per heavy atom. The molecule has 1 heterocycles. The standard InChI is InChI=1S/C19H29N5O2/c20-19(21)22-11-4-9-17(25)23-14-16-10-13-24(18(16)26)12-5-8-15-6-2-1-3-7-15/h1-3,6-7,16H,4-5,8-14H2,(H,23,25)(H4,20,21,22). The maximum absolute atomic E-state index is 12.4. The molecule has 142 valence electrons. The first-order chi connectivity index (χ1) is 12.6. The Kier molecular flexibility index (Phi) is 7.92. The summed E-state index contributed by atoms with van der Waals surface area (Å²) in [5, 5.41) is 2.85. The quantitative estimate of drug-likeness (QED) is 0.323. The van der Waals surface area contributed by atoms with Gasteiger partial charge in [0.15, 0.2) is 5.96 Å². The van der Waals surface area contributed by atoms with Crippen molar-refractivity contribution in [1.29, 1.82) is 0 Å². The molecule has 1 aliphatic heterocycles. The summed E-state index contributed by atoms with van der Waals surface area (Å²) in [6.07, 6.45) is 3.69. The number of carbonyl (C=O) groups excluding carboxylic acids is 2. The molecule has 0 aromatic heterocycles. The van der Waals surface area contributed by atoms with Crippen molar-refractivity contribution >= 4 is 17.8 Å². The van der Waals surface area contributed by atoms with E-state index in [1.807, 2.05) is 23.1 Å². The number of guanidine groups is 1. The normalized spacial score (nSPS) is 16.5. The Morgan fingerprint density at radius 2 is 2.00 bits per heavy atom. The monoisotopic (exact) mass is 359 g/mol. The van der Waals surface area contributed by atoms with Crippen molar-refractivity contribution in [3.8, 4) is 0 Å². The summed E-state index contributed by atoms with van der Waals surface area (Å²) in [7, 11) is 0. The fraction of sp³-hybridized carbons (Fsp3) is 0.526. The fourth-order valence-electron chi connectivity index (χ4n) is 3.11. The lowest BCUT2D eigenvalue weighted by atomic mass is 10.1. The Bertz CT molecular complexity index is 614. The average Bonchev–Trinajstić information content (AvgIpc) is 2.98. The summed E-state index contributed by atoms with van der Waals surface area (Å²) in [5.74, 6) is 0.0210. The first kappa shape index (κ1) is 19.8. The summed E-state index contributed by atoms with van der Waals surface area (Å²) in [6, 6.07) is 10.3. The third-order valence-electron chi connectivity index (χ3n) is 4.55. The van der Waals surface area contributed by atoms with E-state index < -0.39 is 0 Å². The smallest absolute Gasteiger partial charge is 0.227 e. The summed E-state index contributed by atoms with van der Waals surface area (Å²) in [5.41, 5.74) is 11.8. The van der Waals surface area contributed by atoms with E-state index in [9.17, 15) is 9.59 Å². The zero-order chi connectivity index (χ0) is 18.8. The van der Waals surface area contributed by atoms with Gasteiger partial charge in [-0.1, -0.05) is 30.3 Å². The molecule has 0 saturated carbocycles. The van der Waals surface area contributed by atoms with Gasteiger partial charge in [0.05, 0.1) is 5.92 Å². The van der Waals surface area contributed by atoms with Gasteiger partial charge in [0, 0.05) is 32.6 Å².